The fourth-order valence-corrected chi connectivity index (χ4v) is 3.39. The molecule has 0 spiro atoms. The highest BCUT2D eigenvalue weighted by Gasteiger charge is 2.23. The number of hydrogen-bond donors (Lipinski definition) is 1. The molecular weight excluding hydrogens is 312 g/mol. The maximum absolute atomic E-state index is 12.3. The summed E-state index contributed by atoms with van der Waals surface area (Å²) >= 11 is 1.63. The third-order valence-corrected chi connectivity index (χ3v) is 4.71. The molecule has 2 aromatic rings. The number of amides is 1. The van der Waals surface area contributed by atoms with Gasteiger partial charge < -0.3 is 15.0 Å². The summed E-state index contributed by atoms with van der Waals surface area (Å²) in [6, 6.07) is 2.29. The Morgan fingerprint density at radius 1 is 1.39 bits per heavy atom. The van der Waals surface area contributed by atoms with Crippen molar-refractivity contribution >= 4 is 23.1 Å². The fourth-order valence-electron chi connectivity index (χ4n) is 2.72. The van der Waals surface area contributed by atoms with Gasteiger partial charge in [0.15, 0.2) is 5.82 Å². The third kappa shape index (κ3) is 3.98. The summed E-state index contributed by atoms with van der Waals surface area (Å²) in [5.41, 5.74) is 1.10. The van der Waals surface area contributed by atoms with E-state index in [2.05, 4.69) is 15.3 Å². The molecule has 0 unspecified atom stereocenters. The van der Waals surface area contributed by atoms with Crippen LogP contribution in [-0.4, -0.2) is 47.0 Å². The van der Waals surface area contributed by atoms with Gasteiger partial charge in [-0.3, -0.25) is 4.79 Å². The van der Waals surface area contributed by atoms with Crippen LogP contribution in [0.3, 0.4) is 0 Å². The summed E-state index contributed by atoms with van der Waals surface area (Å²) in [6.07, 6.45) is 5.55. The summed E-state index contributed by atoms with van der Waals surface area (Å²) in [4.78, 5) is 22.7. The van der Waals surface area contributed by atoms with Crippen LogP contribution >= 0.6 is 11.3 Å². The second-order valence-corrected chi connectivity index (χ2v) is 6.30. The number of methoxy groups -OCH3 is 1. The van der Waals surface area contributed by atoms with Crippen LogP contribution in [-0.2, 0) is 11.2 Å². The minimum Gasteiger partial charge on any atom is -0.478 e. The lowest BCUT2D eigenvalue weighted by molar-refractivity contribution is -0.131. The van der Waals surface area contributed by atoms with Gasteiger partial charge in [-0.25, -0.2) is 9.97 Å². The fraction of sp³-hybridized carbons (Fsp3) is 0.438. The number of nitrogens with one attached hydrogen (secondary N) is 1. The van der Waals surface area contributed by atoms with Crippen LogP contribution in [0.2, 0.25) is 0 Å². The van der Waals surface area contributed by atoms with Crippen LogP contribution in [0, 0.1) is 0 Å². The molecule has 23 heavy (non-hydrogen) atoms. The lowest BCUT2D eigenvalue weighted by Gasteiger charge is -2.32. The average Bonchev–Trinajstić information content (AvgIpc) is 3.09. The molecule has 1 aliphatic heterocycles. The van der Waals surface area contributed by atoms with Crippen molar-refractivity contribution in [3.63, 3.8) is 0 Å². The van der Waals surface area contributed by atoms with Crippen molar-refractivity contribution in [3.8, 4) is 5.88 Å². The highest BCUT2D eigenvalue weighted by atomic mass is 32.1. The number of hydrogen-bond acceptors (Lipinski definition) is 6. The standard InChI is InChI=1S/C16H20N4O2S/c1-22-16-15(17-5-6-18-16)19-13-2-7-20(8-3-13)14(21)10-12-4-9-23-11-12/h4-6,9,11,13H,2-3,7-8,10H2,1H3,(H,17,19). The molecule has 6 nitrogen and oxygen atoms in total. The van der Waals surface area contributed by atoms with Crippen molar-refractivity contribution < 1.29 is 9.53 Å². The van der Waals surface area contributed by atoms with E-state index in [0.717, 1.165) is 31.5 Å². The van der Waals surface area contributed by atoms with Gasteiger partial charge in [0, 0.05) is 31.5 Å². The van der Waals surface area contributed by atoms with E-state index in [1.165, 1.54) is 0 Å². The van der Waals surface area contributed by atoms with E-state index in [0.29, 0.717) is 18.1 Å². The van der Waals surface area contributed by atoms with Crippen molar-refractivity contribution in [1.82, 2.24) is 14.9 Å². The molecule has 3 rings (SSSR count). The van der Waals surface area contributed by atoms with Gasteiger partial charge >= 0.3 is 0 Å². The molecule has 2 aromatic heterocycles. The highest BCUT2D eigenvalue weighted by molar-refractivity contribution is 7.07. The number of likely N-dealkylation sites (tertiary alicyclic amines) is 1. The van der Waals surface area contributed by atoms with Gasteiger partial charge in [-0.2, -0.15) is 11.3 Å². The van der Waals surface area contributed by atoms with Crippen LogP contribution in [0.5, 0.6) is 5.88 Å². The minimum absolute atomic E-state index is 0.207. The first-order valence-corrected chi connectivity index (χ1v) is 8.61. The zero-order chi connectivity index (χ0) is 16.1. The Bertz CT molecular complexity index is 639. The maximum Gasteiger partial charge on any atom is 0.257 e. The molecule has 0 atom stereocenters. The highest BCUT2D eigenvalue weighted by Crippen LogP contribution is 2.21. The number of aromatic nitrogens is 2. The van der Waals surface area contributed by atoms with Crippen LogP contribution in [0.1, 0.15) is 18.4 Å². The molecule has 1 saturated heterocycles. The number of nitrogens with zero attached hydrogens (tertiary/aromatic N) is 3. The third-order valence-electron chi connectivity index (χ3n) is 3.98. The second-order valence-electron chi connectivity index (χ2n) is 5.52. The molecule has 1 N–H and O–H groups in total. The summed E-state index contributed by atoms with van der Waals surface area (Å²) in [7, 11) is 1.58. The summed E-state index contributed by atoms with van der Waals surface area (Å²) < 4.78 is 5.21. The largest absolute Gasteiger partial charge is 0.478 e. The maximum atomic E-state index is 12.3. The average molecular weight is 332 g/mol. The lowest BCUT2D eigenvalue weighted by Crippen LogP contribution is -2.43. The van der Waals surface area contributed by atoms with Crippen molar-refractivity contribution in [2.75, 3.05) is 25.5 Å². The zero-order valence-corrected chi connectivity index (χ0v) is 13.9. The van der Waals surface area contributed by atoms with Gasteiger partial charge in [-0.1, -0.05) is 0 Å². The summed E-state index contributed by atoms with van der Waals surface area (Å²) in [6.45, 7) is 1.53. The van der Waals surface area contributed by atoms with Gasteiger partial charge in [-0.15, -0.1) is 0 Å². The van der Waals surface area contributed by atoms with Gasteiger partial charge in [-0.05, 0) is 35.2 Å². The Morgan fingerprint density at radius 2 is 2.17 bits per heavy atom. The molecule has 1 amide bonds. The normalized spacial score (nSPS) is 15.4. The predicted molar refractivity (Wildman–Crippen MR) is 89.8 cm³/mol. The Kier molecular flexibility index (Phi) is 5.07. The van der Waals surface area contributed by atoms with E-state index in [9.17, 15) is 4.79 Å². The molecule has 122 valence electrons. The van der Waals surface area contributed by atoms with Crippen LogP contribution in [0.15, 0.2) is 29.2 Å². The number of carbonyl (C=O) groups is 1. The van der Waals surface area contributed by atoms with Gasteiger partial charge in [0.1, 0.15) is 0 Å². The first-order chi connectivity index (χ1) is 11.3. The lowest BCUT2D eigenvalue weighted by atomic mass is 10.0. The van der Waals surface area contributed by atoms with E-state index < -0.39 is 0 Å². The summed E-state index contributed by atoms with van der Waals surface area (Å²) in [5, 5.41) is 7.41. The summed E-state index contributed by atoms with van der Waals surface area (Å²) in [5.74, 6) is 1.38. The SMILES string of the molecule is COc1nccnc1NC1CCN(C(=O)Cc2ccsc2)CC1. The van der Waals surface area contributed by atoms with E-state index in [1.54, 1.807) is 30.8 Å². The van der Waals surface area contributed by atoms with Crippen molar-refractivity contribution in [2.45, 2.75) is 25.3 Å². The van der Waals surface area contributed by atoms with E-state index in [4.69, 9.17) is 4.74 Å². The van der Waals surface area contributed by atoms with Gasteiger partial charge in [0.25, 0.3) is 5.88 Å². The number of carbonyl (C=O) groups excluding carboxylic acids is 1. The number of ether oxygens (including phenoxy) is 1. The first-order valence-electron chi connectivity index (χ1n) is 7.66. The number of anilines is 1. The van der Waals surface area contributed by atoms with Gasteiger partial charge in [0.05, 0.1) is 13.5 Å². The molecule has 0 aliphatic carbocycles. The van der Waals surface area contributed by atoms with E-state index in [1.807, 2.05) is 21.7 Å². The topological polar surface area (TPSA) is 67.4 Å². The number of thiophene rings is 1. The monoisotopic (exact) mass is 332 g/mol. The molecule has 0 aromatic carbocycles. The van der Waals surface area contributed by atoms with Crippen LogP contribution in [0.25, 0.3) is 0 Å². The molecule has 0 radical (unpaired) electrons. The Labute approximate surface area is 139 Å². The van der Waals surface area contributed by atoms with E-state index in [-0.39, 0.29) is 11.9 Å². The molecule has 0 saturated carbocycles. The molecular formula is C16H20N4O2S. The molecule has 3 heterocycles. The first kappa shape index (κ1) is 15.7. The van der Waals surface area contributed by atoms with E-state index >= 15 is 0 Å². The second kappa shape index (κ2) is 7.41. The number of piperidine rings is 1. The molecule has 1 aliphatic rings. The molecule has 0 bridgehead atoms. The minimum atomic E-state index is 0.207. The Morgan fingerprint density at radius 3 is 2.87 bits per heavy atom. The van der Waals surface area contributed by atoms with Crippen LogP contribution < -0.4 is 10.1 Å². The van der Waals surface area contributed by atoms with Crippen molar-refractivity contribution in [3.05, 3.63) is 34.8 Å². The number of rotatable bonds is 5. The molecule has 7 heteroatoms. The Hall–Kier alpha value is -2.15. The predicted octanol–water partition coefficient (Wildman–Crippen LogP) is 2.19. The quantitative estimate of drug-likeness (QED) is 0.909. The zero-order valence-electron chi connectivity index (χ0n) is 13.1. The molecule has 1 fully saturated rings. The van der Waals surface area contributed by atoms with Crippen molar-refractivity contribution in [2.24, 2.45) is 0 Å². The van der Waals surface area contributed by atoms with Crippen molar-refractivity contribution in [1.29, 1.82) is 0 Å². The smallest absolute Gasteiger partial charge is 0.257 e. The van der Waals surface area contributed by atoms with Gasteiger partial charge in [0.2, 0.25) is 5.91 Å². The Balaban J connectivity index is 1.51. The van der Waals surface area contributed by atoms with Crippen LogP contribution in [0.4, 0.5) is 5.82 Å².